The van der Waals surface area contributed by atoms with E-state index in [-0.39, 0.29) is 5.69 Å². The predicted octanol–water partition coefficient (Wildman–Crippen LogP) is 0.724. The number of H-pyrrole nitrogens is 1. The van der Waals surface area contributed by atoms with Gasteiger partial charge in [0.05, 0.1) is 17.2 Å². The number of aromatic amines is 1. The van der Waals surface area contributed by atoms with Crippen molar-refractivity contribution in [3.05, 3.63) is 28.9 Å². The summed E-state index contributed by atoms with van der Waals surface area (Å²) in [6.45, 7) is 2.91. The lowest BCUT2D eigenvalue weighted by Gasteiger charge is -2.22. The molecular formula is C12H16N4O. The molecule has 2 aromatic heterocycles. The Kier molecular flexibility index (Phi) is 2.68. The van der Waals surface area contributed by atoms with Crippen LogP contribution in [-0.4, -0.2) is 27.6 Å². The smallest absolute Gasteiger partial charge is 0.317 e. The average molecular weight is 232 g/mol. The lowest BCUT2D eigenvalue weighted by atomic mass is 9.98. The van der Waals surface area contributed by atoms with Gasteiger partial charge in [-0.15, -0.1) is 0 Å². The van der Waals surface area contributed by atoms with Crippen molar-refractivity contribution in [2.45, 2.75) is 19.4 Å². The molecule has 3 heterocycles. The SMILES string of the molecule is O=c1[nH]c2ccncc2n1CC1CCNCC1. The first-order chi connectivity index (χ1) is 8.34. The van der Waals surface area contributed by atoms with Crippen molar-refractivity contribution in [1.29, 1.82) is 0 Å². The third-order valence-corrected chi connectivity index (χ3v) is 3.48. The van der Waals surface area contributed by atoms with Gasteiger partial charge in [-0.05, 0) is 37.9 Å². The second kappa shape index (κ2) is 4.33. The molecule has 1 aliphatic heterocycles. The van der Waals surface area contributed by atoms with Crippen LogP contribution in [0.15, 0.2) is 23.3 Å². The first-order valence-corrected chi connectivity index (χ1v) is 6.08. The number of imidazole rings is 1. The van der Waals surface area contributed by atoms with Gasteiger partial charge in [0.25, 0.3) is 0 Å². The third kappa shape index (κ3) is 1.98. The summed E-state index contributed by atoms with van der Waals surface area (Å²) in [5.74, 6) is 0.591. The first-order valence-electron chi connectivity index (χ1n) is 6.08. The fourth-order valence-electron chi connectivity index (χ4n) is 2.50. The van der Waals surface area contributed by atoms with E-state index in [0.717, 1.165) is 43.5 Å². The molecular weight excluding hydrogens is 216 g/mol. The summed E-state index contributed by atoms with van der Waals surface area (Å²) < 4.78 is 1.82. The minimum atomic E-state index is -0.0217. The zero-order valence-electron chi connectivity index (χ0n) is 9.65. The van der Waals surface area contributed by atoms with Crippen molar-refractivity contribution in [3.8, 4) is 0 Å². The van der Waals surface area contributed by atoms with Crippen LogP contribution in [0.2, 0.25) is 0 Å². The first kappa shape index (κ1) is 10.5. The molecule has 0 radical (unpaired) electrons. The molecule has 1 aliphatic rings. The molecule has 0 atom stereocenters. The second-order valence-electron chi connectivity index (χ2n) is 4.63. The van der Waals surface area contributed by atoms with Gasteiger partial charge in [-0.1, -0.05) is 0 Å². The second-order valence-corrected chi connectivity index (χ2v) is 4.63. The van der Waals surface area contributed by atoms with Gasteiger partial charge in [0.1, 0.15) is 0 Å². The number of hydrogen-bond donors (Lipinski definition) is 2. The molecule has 90 valence electrons. The van der Waals surface area contributed by atoms with Crippen LogP contribution in [0.5, 0.6) is 0 Å². The highest BCUT2D eigenvalue weighted by atomic mass is 16.1. The van der Waals surface area contributed by atoms with E-state index in [1.165, 1.54) is 0 Å². The molecule has 17 heavy (non-hydrogen) atoms. The van der Waals surface area contributed by atoms with Crippen LogP contribution in [0.3, 0.4) is 0 Å². The summed E-state index contributed by atoms with van der Waals surface area (Å²) >= 11 is 0. The highest BCUT2D eigenvalue weighted by Gasteiger charge is 2.16. The Morgan fingerprint density at radius 1 is 1.41 bits per heavy atom. The quantitative estimate of drug-likeness (QED) is 0.802. The highest BCUT2D eigenvalue weighted by molar-refractivity contribution is 5.73. The normalized spacial score (nSPS) is 17.6. The molecule has 0 spiro atoms. The number of pyridine rings is 1. The lowest BCUT2D eigenvalue weighted by molar-refractivity contribution is 0.333. The number of aromatic nitrogens is 3. The van der Waals surface area contributed by atoms with E-state index >= 15 is 0 Å². The summed E-state index contributed by atoms with van der Waals surface area (Å²) in [5, 5.41) is 3.34. The molecule has 2 N–H and O–H groups in total. The summed E-state index contributed by atoms with van der Waals surface area (Å²) in [6, 6.07) is 1.84. The number of hydrogen-bond acceptors (Lipinski definition) is 3. The molecule has 5 nitrogen and oxygen atoms in total. The maximum atomic E-state index is 11.9. The van der Waals surface area contributed by atoms with E-state index in [2.05, 4.69) is 15.3 Å². The summed E-state index contributed by atoms with van der Waals surface area (Å²) in [6.07, 6.45) is 5.74. The maximum Gasteiger partial charge on any atom is 0.326 e. The molecule has 0 bridgehead atoms. The van der Waals surface area contributed by atoms with Gasteiger partial charge in [-0.25, -0.2) is 4.79 Å². The van der Waals surface area contributed by atoms with E-state index in [0.29, 0.717) is 5.92 Å². The van der Waals surface area contributed by atoms with Crippen LogP contribution in [-0.2, 0) is 6.54 Å². The minimum absolute atomic E-state index is 0.0217. The van der Waals surface area contributed by atoms with Crippen LogP contribution < -0.4 is 11.0 Å². The Balaban J connectivity index is 1.93. The summed E-state index contributed by atoms with van der Waals surface area (Å²) in [7, 11) is 0. The fourth-order valence-corrected chi connectivity index (χ4v) is 2.50. The van der Waals surface area contributed by atoms with Crippen molar-refractivity contribution in [1.82, 2.24) is 19.9 Å². The molecule has 0 saturated carbocycles. The standard InChI is InChI=1S/C12H16N4O/c17-12-15-10-3-6-14-7-11(10)16(12)8-9-1-4-13-5-2-9/h3,6-7,9,13H,1-2,4-5,8H2,(H,15,17). The van der Waals surface area contributed by atoms with Gasteiger partial charge in [-0.2, -0.15) is 0 Å². The summed E-state index contributed by atoms with van der Waals surface area (Å²) in [5.41, 5.74) is 1.77. The van der Waals surface area contributed by atoms with E-state index in [4.69, 9.17) is 0 Å². The van der Waals surface area contributed by atoms with Crippen LogP contribution >= 0.6 is 0 Å². The van der Waals surface area contributed by atoms with Gasteiger partial charge < -0.3 is 10.3 Å². The molecule has 1 saturated heterocycles. The van der Waals surface area contributed by atoms with Gasteiger partial charge in [-0.3, -0.25) is 9.55 Å². The fraction of sp³-hybridized carbons (Fsp3) is 0.500. The zero-order chi connectivity index (χ0) is 11.7. The number of nitrogens with zero attached hydrogens (tertiary/aromatic N) is 2. The minimum Gasteiger partial charge on any atom is -0.317 e. The van der Waals surface area contributed by atoms with Gasteiger partial charge in [0, 0.05) is 12.7 Å². The molecule has 0 amide bonds. The Labute approximate surface area is 98.9 Å². The van der Waals surface area contributed by atoms with E-state index in [1.54, 1.807) is 12.4 Å². The molecule has 3 rings (SSSR count). The molecule has 0 aromatic carbocycles. The van der Waals surface area contributed by atoms with Crippen molar-refractivity contribution in [3.63, 3.8) is 0 Å². The van der Waals surface area contributed by atoms with Gasteiger partial charge >= 0.3 is 5.69 Å². The van der Waals surface area contributed by atoms with Gasteiger partial charge in [0.15, 0.2) is 0 Å². The van der Waals surface area contributed by atoms with Crippen LogP contribution in [0.4, 0.5) is 0 Å². The number of nitrogens with one attached hydrogen (secondary N) is 2. The zero-order valence-corrected chi connectivity index (χ0v) is 9.65. The van der Waals surface area contributed by atoms with Crippen molar-refractivity contribution < 1.29 is 0 Å². The molecule has 2 aromatic rings. The molecule has 0 aliphatic carbocycles. The Morgan fingerprint density at radius 3 is 3.06 bits per heavy atom. The molecule has 5 heteroatoms. The summed E-state index contributed by atoms with van der Waals surface area (Å²) in [4.78, 5) is 18.8. The highest BCUT2D eigenvalue weighted by Crippen LogP contribution is 2.16. The van der Waals surface area contributed by atoms with Crippen LogP contribution in [0.1, 0.15) is 12.8 Å². The Hall–Kier alpha value is -1.62. The van der Waals surface area contributed by atoms with Crippen molar-refractivity contribution in [2.24, 2.45) is 5.92 Å². The van der Waals surface area contributed by atoms with Crippen molar-refractivity contribution in [2.75, 3.05) is 13.1 Å². The topological polar surface area (TPSA) is 62.7 Å². The lowest BCUT2D eigenvalue weighted by Crippen LogP contribution is -2.31. The van der Waals surface area contributed by atoms with Crippen LogP contribution in [0.25, 0.3) is 11.0 Å². The van der Waals surface area contributed by atoms with E-state index in [1.807, 2.05) is 10.6 Å². The number of rotatable bonds is 2. The average Bonchev–Trinajstić information content (AvgIpc) is 2.68. The number of piperidine rings is 1. The third-order valence-electron chi connectivity index (χ3n) is 3.48. The predicted molar refractivity (Wildman–Crippen MR) is 65.9 cm³/mol. The van der Waals surface area contributed by atoms with Crippen LogP contribution in [0, 0.1) is 5.92 Å². The van der Waals surface area contributed by atoms with E-state index < -0.39 is 0 Å². The Bertz CT molecular complexity index is 565. The van der Waals surface area contributed by atoms with Gasteiger partial charge in [0.2, 0.25) is 0 Å². The van der Waals surface area contributed by atoms with Crippen molar-refractivity contribution >= 4 is 11.0 Å². The largest absolute Gasteiger partial charge is 0.326 e. The number of fused-ring (bicyclic) bond motifs is 1. The molecule has 0 unspecified atom stereocenters. The monoisotopic (exact) mass is 232 g/mol. The van der Waals surface area contributed by atoms with E-state index in [9.17, 15) is 4.79 Å². The Morgan fingerprint density at radius 2 is 2.24 bits per heavy atom. The maximum absolute atomic E-state index is 11.9. The molecule has 1 fully saturated rings.